The van der Waals surface area contributed by atoms with Crippen molar-refractivity contribution in [1.29, 1.82) is 0 Å². The Hall–Kier alpha value is 0.110. The Labute approximate surface area is 102 Å². The highest BCUT2D eigenvalue weighted by molar-refractivity contribution is 8.00. The van der Waals surface area contributed by atoms with E-state index in [1.54, 1.807) is 11.8 Å². The molecule has 0 aromatic rings. The summed E-state index contributed by atoms with van der Waals surface area (Å²) in [5.74, 6) is 2.20. The van der Waals surface area contributed by atoms with Gasteiger partial charge in [0, 0.05) is 11.9 Å². The van der Waals surface area contributed by atoms with Crippen LogP contribution in [0.3, 0.4) is 0 Å². The molecule has 0 saturated carbocycles. The molecular formula is C11H20ClNOS. The minimum absolute atomic E-state index is 0.113. The van der Waals surface area contributed by atoms with Crippen LogP contribution < -0.4 is 5.32 Å². The van der Waals surface area contributed by atoms with E-state index in [2.05, 4.69) is 19.2 Å². The molecule has 0 spiro atoms. The lowest BCUT2D eigenvalue weighted by atomic mass is 10.1. The minimum atomic E-state index is 0.113. The first kappa shape index (κ1) is 13.2. The third kappa shape index (κ3) is 4.23. The van der Waals surface area contributed by atoms with E-state index in [0.29, 0.717) is 11.8 Å². The lowest BCUT2D eigenvalue weighted by Gasteiger charge is -2.25. The summed E-state index contributed by atoms with van der Waals surface area (Å²) < 4.78 is 0. The van der Waals surface area contributed by atoms with E-state index < -0.39 is 0 Å². The fourth-order valence-electron chi connectivity index (χ4n) is 1.61. The van der Waals surface area contributed by atoms with Gasteiger partial charge in [-0.2, -0.15) is 0 Å². The molecule has 2 unspecified atom stereocenters. The van der Waals surface area contributed by atoms with Crippen molar-refractivity contribution in [2.24, 2.45) is 5.92 Å². The largest absolute Gasteiger partial charge is 0.351 e. The second-order valence-corrected chi connectivity index (χ2v) is 5.99. The molecule has 0 aromatic carbocycles. The van der Waals surface area contributed by atoms with Gasteiger partial charge in [0.05, 0.1) is 5.25 Å². The first-order chi connectivity index (χ1) is 7.15. The fourth-order valence-corrected chi connectivity index (χ4v) is 3.25. The molecule has 2 nitrogen and oxygen atoms in total. The van der Waals surface area contributed by atoms with E-state index in [0.717, 1.165) is 12.2 Å². The van der Waals surface area contributed by atoms with Gasteiger partial charge in [-0.1, -0.05) is 20.3 Å². The highest BCUT2D eigenvalue weighted by atomic mass is 35.5. The first-order valence-corrected chi connectivity index (χ1v) is 7.21. The SMILES string of the molecule is CC(C)C(CCl)NC(=O)C1CCCCS1. The summed E-state index contributed by atoms with van der Waals surface area (Å²) in [7, 11) is 0. The van der Waals surface area contributed by atoms with Gasteiger partial charge in [-0.3, -0.25) is 4.79 Å². The maximum Gasteiger partial charge on any atom is 0.233 e. The van der Waals surface area contributed by atoms with Gasteiger partial charge in [-0.15, -0.1) is 23.4 Å². The van der Waals surface area contributed by atoms with E-state index in [9.17, 15) is 4.79 Å². The van der Waals surface area contributed by atoms with Gasteiger partial charge < -0.3 is 5.32 Å². The minimum Gasteiger partial charge on any atom is -0.351 e. The average Bonchev–Trinajstić information content (AvgIpc) is 2.26. The van der Waals surface area contributed by atoms with E-state index in [4.69, 9.17) is 11.6 Å². The number of amides is 1. The summed E-state index contributed by atoms with van der Waals surface area (Å²) in [4.78, 5) is 11.9. The molecule has 1 N–H and O–H groups in total. The summed E-state index contributed by atoms with van der Waals surface area (Å²) in [5.41, 5.74) is 0. The van der Waals surface area contributed by atoms with Crippen LogP contribution in [-0.2, 0) is 4.79 Å². The van der Waals surface area contributed by atoms with Gasteiger partial charge >= 0.3 is 0 Å². The summed E-state index contributed by atoms with van der Waals surface area (Å²) in [6.45, 7) is 4.17. The topological polar surface area (TPSA) is 29.1 Å². The average molecular weight is 250 g/mol. The molecule has 4 heteroatoms. The number of halogens is 1. The smallest absolute Gasteiger partial charge is 0.233 e. The normalized spacial score (nSPS) is 23.9. The van der Waals surface area contributed by atoms with Crippen molar-refractivity contribution >= 4 is 29.3 Å². The van der Waals surface area contributed by atoms with Crippen LogP contribution in [0.25, 0.3) is 0 Å². The van der Waals surface area contributed by atoms with Crippen LogP contribution in [-0.4, -0.2) is 28.8 Å². The Kier molecular flexibility index (Phi) is 5.83. The lowest BCUT2D eigenvalue weighted by Crippen LogP contribution is -2.44. The number of alkyl halides is 1. The molecule has 0 aliphatic carbocycles. The molecule has 1 heterocycles. The van der Waals surface area contributed by atoms with Crippen molar-refractivity contribution in [2.45, 2.75) is 44.4 Å². The molecule has 0 radical (unpaired) electrons. The zero-order chi connectivity index (χ0) is 11.3. The summed E-state index contributed by atoms with van der Waals surface area (Å²) in [5, 5.41) is 3.20. The lowest BCUT2D eigenvalue weighted by molar-refractivity contribution is -0.121. The number of hydrogen-bond acceptors (Lipinski definition) is 2. The van der Waals surface area contributed by atoms with Crippen molar-refractivity contribution in [3.63, 3.8) is 0 Å². The van der Waals surface area contributed by atoms with Crippen LogP contribution in [0.1, 0.15) is 33.1 Å². The molecule has 1 rings (SSSR count). The molecule has 0 bridgehead atoms. The zero-order valence-electron chi connectivity index (χ0n) is 9.46. The van der Waals surface area contributed by atoms with Crippen molar-refractivity contribution in [3.8, 4) is 0 Å². The summed E-state index contributed by atoms with van der Waals surface area (Å²) >= 11 is 7.60. The zero-order valence-corrected chi connectivity index (χ0v) is 11.0. The van der Waals surface area contributed by atoms with Crippen LogP contribution in [0.15, 0.2) is 0 Å². The predicted molar refractivity (Wildman–Crippen MR) is 67.6 cm³/mol. The van der Waals surface area contributed by atoms with Gasteiger partial charge in [-0.05, 0) is 24.5 Å². The van der Waals surface area contributed by atoms with Gasteiger partial charge in [0.25, 0.3) is 0 Å². The molecule has 1 saturated heterocycles. The molecule has 2 atom stereocenters. The van der Waals surface area contributed by atoms with E-state index in [1.165, 1.54) is 12.8 Å². The Morgan fingerprint density at radius 1 is 1.53 bits per heavy atom. The first-order valence-electron chi connectivity index (χ1n) is 5.63. The van der Waals surface area contributed by atoms with Crippen molar-refractivity contribution in [3.05, 3.63) is 0 Å². The van der Waals surface area contributed by atoms with Crippen molar-refractivity contribution in [2.75, 3.05) is 11.6 Å². The van der Waals surface area contributed by atoms with Crippen LogP contribution >= 0.6 is 23.4 Å². The van der Waals surface area contributed by atoms with Crippen molar-refractivity contribution < 1.29 is 4.79 Å². The molecule has 1 aliphatic heterocycles. The monoisotopic (exact) mass is 249 g/mol. The summed E-state index contributed by atoms with van der Waals surface area (Å²) in [6.07, 6.45) is 3.44. The molecule has 88 valence electrons. The van der Waals surface area contributed by atoms with Crippen LogP contribution in [0, 0.1) is 5.92 Å². The number of carbonyl (C=O) groups excluding carboxylic acids is 1. The third-order valence-electron chi connectivity index (χ3n) is 2.77. The highest BCUT2D eigenvalue weighted by Gasteiger charge is 2.24. The fraction of sp³-hybridized carbons (Fsp3) is 0.909. The van der Waals surface area contributed by atoms with Gasteiger partial charge in [-0.25, -0.2) is 0 Å². The number of thioether (sulfide) groups is 1. The Morgan fingerprint density at radius 2 is 2.27 bits per heavy atom. The van der Waals surface area contributed by atoms with Gasteiger partial charge in [0.1, 0.15) is 0 Å². The number of rotatable bonds is 4. The highest BCUT2D eigenvalue weighted by Crippen LogP contribution is 2.25. The molecular weight excluding hydrogens is 230 g/mol. The molecule has 1 amide bonds. The second kappa shape index (κ2) is 6.64. The van der Waals surface area contributed by atoms with Gasteiger partial charge in [0.2, 0.25) is 5.91 Å². The Morgan fingerprint density at radius 3 is 2.73 bits per heavy atom. The third-order valence-corrected chi connectivity index (χ3v) is 4.48. The number of carbonyl (C=O) groups is 1. The van der Waals surface area contributed by atoms with E-state index in [1.807, 2.05) is 0 Å². The molecule has 0 aromatic heterocycles. The van der Waals surface area contributed by atoms with Crippen molar-refractivity contribution in [1.82, 2.24) is 5.32 Å². The number of nitrogens with one attached hydrogen (secondary N) is 1. The maximum absolute atomic E-state index is 11.9. The molecule has 1 fully saturated rings. The molecule has 15 heavy (non-hydrogen) atoms. The summed E-state index contributed by atoms with van der Waals surface area (Å²) in [6, 6.07) is 0.113. The van der Waals surface area contributed by atoms with Crippen LogP contribution in [0.2, 0.25) is 0 Å². The van der Waals surface area contributed by atoms with Crippen LogP contribution in [0.4, 0.5) is 0 Å². The Balaban J connectivity index is 2.38. The van der Waals surface area contributed by atoms with E-state index >= 15 is 0 Å². The van der Waals surface area contributed by atoms with E-state index in [-0.39, 0.29) is 17.2 Å². The Bertz CT molecular complexity index is 205. The van der Waals surface area contributed by atoms with Crippen LogP contribution in [0.5, 0.6) is 0 Å². The molecule has 1 aliphatic rings. The van der Waals surface area contributed by atoms with Gasteiger partial charge in [0.15, 0.2) is 0 Å². The number of hydrogen-bond donors (Lipinski definition) is 1. The predicted octanol–water partition coefficient (Wildman–Crippen LogP) is 2.65. The second-order valence-electron chi connectivity index (χ2n) is 4.37. The maximum atomic E-state index is 11.9. The standard InChI is InChI=1S/C11H20ClNOS/c1-8(2)9(7-12)13-11(14)10-5-3-4-6-15-10/h8-10H,3-7H2,1-2H3,(H,13,14). The quantitative estimate of drug-likeness (QED) is 0.777.